The summed E-state index contributed by atoms with van der Waals surface area (Å²) < 4.78 is 1.96. The first-order chi connectivity index (χ1) is 15.0. The third kappa shape index (κ3) is 4.82. The van der Waals surface area contributed by atoms with Crippen LogP contribution in [-0.4, -0.2) is 45.7 Å². The molecule has 0 aliphatic carbocycles. The fraction of sp³-hybridized carbons (Fsp3) is 0.364. The molecule has 31 heavy (non-hydrogen) atoms. The van der Waals surface area contributed by atoms with Gasteiger partial charge in [0.1, 0.15) is 18.2 Å². The van der Waals surface area contributed by atoms with Crippen LogP contribution in [0.4, 0.5) is 11.5 Å². The average Bonchev–Trinajstić information content (AvgIpc) is 3.11. The van der Waals surface area contributed by atoms with Crippen molar-refractivity contribution in [1.29, 1.82) is 0 Å². The Kier molecular flexibility index (Phi) is 6.41. The monoisotopic (exact) mass is 438 g/mol. The van der Waals surface area contributed by atoms with E-state index in [1.165, 1.54) is 0 Å². The van der Waals surface area contributed by atoms with Gasteiger partial charge in [-0.1, -0.05) is 12.1 Å². The highest BCUT2D eigenvalue weighted by Gasteiger charge is 2.24. The van der Waals surface area contributed by atoms with E-state index < -0.39 is 0 Å². The highest BCUT2D eigenvalue weighted by Crippen LogP contribution is 2.23. The Morgan fingerprint density at radius 2 is 2.10 bits per heavy atom. The number of piperidine rings is 1. The Hall–Kier alpha value is -3.07. The number of para-hydroxylation sites is 2. The lowest BCUT2D eigenvalue weighted by molar-refractivity contribution is -0.122. The average molecular weight is 439 g/mol. The zero-order valence-corrected chi connectivity index (χ0v) is 18.3. The Morgan fingerprint density at radius 3 is 2.84 bits per heavy atom. The van der Waals surface area contributed by atoms with Gasteiger partial charge < -0.3 is 20.5 Å². The molecule has 0 spiro atoms. The summed E-state index contributed by atoms with van der Waals surface area (Å²) in [7, 11) is 0. The van der Waals surface area contributed by atoms with Crippen LogP contribution < -0.4 is 16.0 Å². The van der Waals surface area contributed by atoms with Crippen molar-refractivity contribution in [2.24, 2.45) is 11.7 Å². The van der Waals surface area contributed by atoms with Crippen molar-refractivity contribution in [1.82, 2.24) is 14.5 Å². The summed E-state index contributed by atoms with van der Waals surface area (Å²) in [5, 5.41) is 2.92. The van der Waals surface area contributed by atoms with Gasteiger partial charge in [-0.3, -0.25) is 9.59 Å². The Balaban J connectivity index is 1.43. The molecule has 0 saturated carbocycles. The van der Waals surface area contributed by atoms with E-state index in [2.05, 4.69) is 20.2 Å². The molecule has 2 aromatic heterocycles. The number of pyridine rings is 1. The van der Waals surface area contributed by atoms with Crippen molar-refractivity contribution < 1.29 is 9.59 Å². The molecule has 162 valence electrons. The Morgan fingerprint density at radius 1 is 1.26 bits per heavy atom. The van der Waals surface area contributed by atoms with Gasteiger partial charge in [-0.2, -0.15) is 11.8 Å². The number of carbonyl (C=O) groups excluding carboxylic acids is 2. The second kappa shape index (κ2) is 9.38. The zero-order chi connectivity index (χ0) is 21.8. The smallest absolute Gasteiger partial charge is 0.244 e. The number of hydrogen-bond donors (Lipinski definition) is 2. The first-order valence-corrected chi connectivity index (χ1v) is 11.7. The number of nitrogens with one attached hydrogen (secondary N) is 1. The molecule has 1 atom stereocenters. The molecule has 0 radical (unpaired) electrons. The number of benzene rings is 1. The number of aromatic nitrogens is 3. The molecule has 0 bridgehead atoms. The molecule has 1 aliphatic rings. The molecule has 1 aliphatic heterocycles. The summed E-state index contributed by atoms with van der Waals surface area (Å²) in [5.41, 5.74) is 7.94. The third-order valence-corrected chi connectivity index (χ3v) is 6.04. The predicted molar refractivity (Wildman–Crippen MR) is 124 cm³/mol. The summed E-state index contributed by atoms with van der Waals surface area (Å²) in [6, 6.07) is 11.5. The number of nitrogens with zero attached hydrogens (tertiary/aromatic N) is 4. The van der Waals surface area contributed by atoms with E-state index in [0.717, 1.165) is 47.8 Å². The van der Waals surface area contributed by atoms with Gasteiger partial charge in [0, 0.05) is 13.1 Å². The van der Waals surface area contributed by atoms with Crippen LogP contribution >= 0.6 is 11.8 Å². The van der Waals surface area contributed by atoms with E-state index in [4.69, 9.17) is 5.73 Å². The van der Waals surface area contributed by atoms with Gasteiger partial charge in [0.2, 0.25) is 11.8 Å². The zero-order valence-electron chi connectivity index (χ0n) is 17.5. The topological polar surface area (TPSA) is 106 Å². The van der Waals surface area contributed by atoms with Gasteiger partial charge in [-0.05, 0) is 43.4 Å². The van der Waals surface area contributed by atoms with Crippen LogP contribution in [0.5, 0.6) is 0 Å². The predicted octanol–water partition coefficient (Wildman–Crippen LogP) is 2.63. The molecule has 4 rings (SSSR count). The molecule has 2 amide bonds. The largest absolute Gasteiger partial charge is 0.369 e. The summed E-state index contributed by atoms with van der Waals surface area (Å²) in [6.45, 7) is 1.61. The van der Waals surface area contributed by atoms with E-state index in [-0.39, 0.29) is 24.3 Å². The fourth-order valence-electron chi connectivity index (χ4n) is 3.95. The molecular formula is C22H26N6O2S. The number of primary amides is 1. The lowest BCUT2D eigenvalue weighted by Gasteiger charge is -2.32. The van der Waals surface area contributed by atoms with E-state index >= 15 is 0 Å². The maximum Gasteiger partial charge on any atom is 0.244 e. The molecule has 8 nitrogen and oxygen atoms in total. The molecule has 1 aromatic carbocycles. The highest BCUT2D eigenvalue weighted by atomic mass is 32.2. The third-order valence-electron chi connectivity index (χ3n) is 5.49. The van der Waals surface area contributed by atoms with Gasteiger partial charge in [0.05, 0.1) is 34.6 Å². The number of amides is 2. The van der Waals surface area contributed by atoms with Gasteiger partial charge in [0.15, 0.2) is 0 Å². The molecule has 3 heterocycles. The number of rotatable bonds is 7. The van der Waals surface area contributed by atoms with Crippen molar-refractivity contribution in [2.45, 2.75) is 25.1 Å². The Bertz CT molecular complexity index is 1080. The molecule has 1 unspecified atom stereocenters. The number of thioether (sulfide) groups is 1. The van der Waals surface area contributed by atoms with Crippen molar-refractivity contribution >= 4 is 46.1 Å². The van der Waals surface area contributed by atoms with Crippen LogP contribution in [0.2, 0.25) is 0 Å². The van der Waals surface area contributed by atoms with Gasteiger partial charge in [-0.15, -0.1) is 0 Å². The number of fused-ring (bicyclic) bond motifs is 1. The first-order valence-electron chi connectivity index (χ1n) is 10.3. The van der Waals surface area contributed by atoms with E-state index in [0.29, 0.717) is 12.2 Å². The van der Waals surface area contributed by atoms with Gasteiger partial charge in [0.25, 0.3) is 0 Å². The molecule has 3 aromatic rings. The van der Waals surface area contributed by atoms with Crippen LogP contribution in [0, 0.1) is 5.92 Å². The van der Waals surface area contributed by atoms with Crippen LogP contribution in [-0.2, 0) is 21.9 Å². The van der Waals surface area contributed by atoms with Crippen molar-refractivity contribution in [3.63, 3.8) is 0 Å². The van der Waals surface area contributed by atoms with Crippen LogP contribution in [0.25, 0.3) is 11.0 Å². The minimum absolute atomic E-state index is 0.133. The minimum atomic E-state index is -0.263. The summed E-state index contributed by atoms with van der Waals surface area (Å²) in [6.07, 6.45) is 5.40. The number of imidazole rings is 1. The lowest BCUT2D eigenvalue weighted by Crippen LogP contribution is -2.41. The molecule has 3 N–H and O–H groups in total. The summed E-state index contributed by atoms with van der Waals surface area (Å²) >= 11 is 1.67. The SMILES string of the molecule is CSCc1nc2ccccc2n1CC(=O)Nc1ccc(N2CCCC(C(N)=O)C2)nc1. The van der Waals surface area contributed by atoms with Crippen LogP contribution in [0.3, 0.4) is 0 Å². The molecular weight excluding hydrogens is 412 g/mol. The van der Waals surface area contributed by atoms with Gasteiger partial charge in [-0.25, -0.2) is 9.97 Å². The summed E-state index contributed by atoms with van der Waals surface area (Å²) in [4.78, 5) is 35.4. The maximum absolute atomic E-state index is 12.7. The van der Waals surface area contributed by atoms with Crippen LogP contribution in [0.15, 0.2) is 42.6 Å². The maximum atomic E-state index is 12.7. The second-order valence-electron chi connectivity index (χ2n) is 7.68. The lowest BCUT2D eigenvalue weighted by atomic mass is 9.97. The fourth-order valence-corrected chi connectivity index (χ4v) is 4.43. The van der Waals surface area contributed by atoms with E-state index in [1.54, 1.807) is 18.0 Å². The second-order valence-corrected chi connectivity index (χ2v) is 8.54. The first kappa shape index (κ1) is 21.2. The summed E-state index contributed by atoms with van der Waals surface area (Å²) in [5.74, 6) is 1.86. The normalized spacial score (nSPS) is 16.4. The quantitative estimate of drug-likeness (QED) is 0.587. The van der Waals surface area contributed by atoms with Crippen molar-refractivity contribution in [3.8, 4) is 0 Å². The highest BCUT2D eigenvalue weighted by molar-refractivity contribution is 7.97. The van der Waals surface area contributed by atoms with Crippen LogP contribution in [0.1, 0.15) is 18.7 Å². The number of carbonyl (C=O) groups is 2. The molecule has 1 saturated heterocycles. The van der Waals surface area contributed by atoms with E-state index in [1.807, 2.05) is 47.2 Å². The minimum Gasteiger partial charge on any atom is -0.369 e. The molecule has 1 fully saturated rings. The number of anilines is 2. The standard InChI is InChI=1S/C22H26N6O2S/c1-31-14-20-26-17-6-2-3-7-18(17)28(20)13-21(29)25-16-8-9-19(24-11-16)27-10-4-5-15(12-27)22(23)30/h2-3,6-9,11,15H,4-5,10,12-14H2,1H3,(H2,23,30)(H,25,29). The van der Waals surface area contributed by atoms with Crippen molar-refractivity contribution in [3.05, 3.63) is 48.4 Å². The molecule has 9 heteroatoms. The number of hydrogen-bond acceptors (Lipinski definition) is 6. The van der Waals surface area contributed by atoms with E-state index in [9.17, 15) is 9.59 Å². The van der Waals surface area contributed by atoms with Crippen molar-refractivity contribution in [2.75, 3.05) is 29.6 Å². The van der Waals surface area contributed by atoms with Gasteiger partial charge >= 0.3 is 0 Å². The number of nitrogens with two attached hydrogens (primary N) is 1. The Labute approximate surface area is 185 Å².